The summed E-state index contributed by atoms with van der Waals surface area (Å²) in [6.07, 6.45) is -2.58. The molecular weight excluding hydrogens is 361 g/mol. The molecule has 0 radical (unpaired) electrons. The molecule has 2 aromatic carbocycles. The SMILES string of the molecule is Cc1ccc2c(c1)c1c(n2CCc2ccc(C(F)(F)F)cc2)CC(C)N(C)C1. The monoisotopic (exact) mass is 386 g/mol. The van der Waals surface area contributed by atoms with E-state index < -0.39 is 11.7 Å². The van der Waals surface area contributed by atoms with Gasteiger partial charge in [-0.1, -0.05) is 23.8 Å². The van der Waals surface area contributed by atoms with E-state index in [1.54, 1.807) is 12.1 Å². The Balaban J connectivity index is 1.66. The van der Waals surface area contributed by atoms with Crippen molar-refractivity contribution in [1.82, 2.24) is 9.47 Å². The summed E-state index contributed by atoms with van der Waals surface area (Å²) in [6.45, 7) is 6.06. The first-order valence-electron chi connectivity index (χ1n) is 9.71. The van der Waals surface area contributed by atoms with Crippen molar-refractivity contribution >= 4 is 10.9 Å². The van der Waals surface area contributed by atoms with E-state index in [9.17, 15) is 13.2 Å². The highest BCUT2D eigenvalue weighted by atomic mass is 19.4. The lowest BCUT2D eigenvalue weighted by Gasteiger charge is -2.31. The summed E-state index contributed by atoms with van der Waals surface area (Å²) in [5, 5.41) is 1.31. The fourth-order valence-corrected chi connectivity index (χ4v) is 4.20. The van der Waals surface area contributed by atoms with E-state index in [1.165, 1.54) is 39.9 Å². The lowest BCUT2D eigenvalue weighted by atomic mass is 9.99. The third-order valence-corrected chi connectivity index (χ3v) is 6.00. The quantitative estimate of drug-likeness (QED) is 0.570. The van der Waals surface area contributed by atoms with E-state index in [4.69, 9.17) is 0 Å². The van der Waals surface area contributed by atoms with E-state index in [0.29, 0.717) is 12.5 Å². The van der Waals surface area contributed by atoms with Gasteiger partial charge in [0.1, 0.15) is 0 Å². The Morgan fingerprint density at radius 2 is 1.79 bits per heavy atom. The number of likely N-dealkylation sites (N-methyl/N-ethyl adjacent to an activating group) is 1. The second-order valence-corrected chi connectivity index (χ2v) is 8.01. The molecule has 3 aromatic rings. The highest BCUT2D eigenvalue weighted by molar-refractivity contribution is 5.86. The molecule has 0 saturated heterocycles. The van der Waals surface area contributed by atoms with E-state index in [-0.39, 0.29) is 0 Å². The van der Waals surface area contributed by atoms with Gasteiger partial charge in [0.05, 0.1) is 5.56 Å². The van der Waals surface area contributed by atoms with Gasteiger partial charge in [-0.2, -0.15) is 13.2 Å². The topological polar surface area (TPSA) is 8.17 Å². The first kappa shape index (κ1) is 19.1. The molecule has 1 aromatic heterocycles. The van der Waals surface area contributed by atoms with Gasteiger partial charge >= 0.3 is 6.18 Å². The van der Waals surface area contributed by atoms with Gasteiger partial charge in [0, 0.05) is 42.1 Å². The van der Waals surface area contributed by atoms with Crippen LogP contribution in [0.3, 0.4) is 0 Å². The van der Waals surface area contributed by atoms with Crippen LogP contribution in [0.25, 0.3) is 10.9 Å². The smallest absolute Gasteiger partial charge is 0.344 e. The number of benzene rings is 2. The summed E-state index contributed by atoms with van der Waals surface area (Å²) in [4.78, 5) is 2.38. The number of fused-ring (bicyclic) bond motifs is 3. The minimum Gasteiger partial charge on any atom is -0.344 e. The van der Waals surface area contributed by atoms with Crippen molar-refractivity contribution in [2.24, 2.45) is 0 Å². The molecule has 0 N–H and O–H groups in total. The fourth-order valence-electron chi connectivity index (χ4n) is 4.20. The Morgan fingerprint density at radius 3 is 2.46 bits per heavy atom. The van der Waals surface area contributed by atoms with Crippen molar-refractivity contribution in [3.63, 3.8) is 0 Å². The summed E-state index contributed by atoms with van der Waals surface area (Å²) in [5.74, 6) is 0. The second-order valence-electron chi connectivity index (χ2n) is 8.01. The molecule has 1 aliphatic rings. The van der Waals surface area contributed by atoms with E-state index in [2.05, 4.69) is 48.6 Å². The molecule has 0 aliphatic carbocycles. The first-order chi connectivity index (χ1) is 13.2. The van der Waals surface area contributed by atoms with Crippen molar-refractivity contribution in [2.45, 2.75) is 52.0 Å². The third kappa shape index (κ3) is 3.44. The molecule has 2 heterocycles. The van der Waals surface area contributed by atoms with Gasteiger partial charge in [0.25, 0.3) is 0 Å². The number of nitrogens with zero attached hydrogens (tertiary/aromatic N) is 2. The maximum atomic E-state index is 12.8. The number of rotatable bonds is 3. The number of halogens is 3. The lowest BCUT2D eigenvalue weighted by molar-refractivity contribution is -0.137. The minimum atomic E-state index is -4.28. The third-order valence-electron chi connectivity index (χ3n) is 6.00. The van der Waals surface area contributed by atoms with Crippen LogP contribution in [0.5, 0.6) is 0 Å². The van der Waals surface area contributed by atoms with Gasteiger partial charge in [0.15, 0.2) is 0 Å². The second kappa shape index (κ2) is 6.96. The van der Waals surface area contributed by atoms with Gasteiger partial charge < -0.3 is 4.57 Å². The van der Waals surface area contributed by atoms with Crippen LogP contribution < -0.4 is 0 Å². The molecule has 1 unspecified atom stereocenters. The minimum absolute atomic E-state index is 0.475. The average molecular weight is 386 g/mol. The van der Waals surface area contributed by atoms with Crippen molar-refractivity contribution in [3.05, 3.63) is 70.4 Å². The van der Waals surface area contributed by atoms with Crippen molar-refractivity contribution in [1.29, 1.82) is 0 Å². The Bertz CT molecular complexity index is 999. The van der Waals surface area contributed by atoms with Gasteiger partial charge in [0.2, 0.25) is 0 Å². The normalized spacial score (nSPS) is 17.9. The number of aromatic nitrogens is 1. The van der Waals surface area contributed by atoms with Gasteiger partial charge in [-0.25, -0.2) is 0 Å². The molecule has 0 spiro atoms. The average Bonchev–Trinajstić information content (AvgIpc) is 2.92. The molecule has 0 fully saturated rings. The Hall–Kier alpha value is -2.27. The Labute approximate surface area is 163 Å². The predicted molar refractivity (Wildman–Crippen MR) is 106 cm³/mol. The molecule has 0 bridgehead atoms. The highest BCUT2D eigenvalue weighted by Crippen LogP contribution is 2.34. The Kier molecular flexibility index (Phi) is 4.74. The zero-order valence-corrected chi connectivity index (χ0v) is 16.5. The molecule has 148 valence electrons. The van der Waals surface area contributed by atoms with Gasteiger partial charge in [-0.05, 0) is 62.7 Å². The summed E-state index contributed by atoms with van der Waals surface area (Å²) >= 11 is 0. The summed E-state index contributed by atoms with van der Waals surface area (Å²) < 4.78 is 40.7. The maximum Gasteiger partial charge on any atom is 0.416 e. The molecule has 0 amide bonds. The van der Waals surface area contributed by atoms with Crippen LogP contribution in [-0.4, -0.2) is 22.6 Å². The van der Waals surface area contributed by atoms with E-state index in [1.807, 2.05) is 0 Å². The molecule has 28 heavy (non-hydrogen) atoms. The van der Waals surface area contributed by atoms with Gasteiger partial charge in [-0.3, -0.25) is 4.90 Å². The van der Waals surface area contributed by atoms with Crippen LogP contribution in [0, 0.1) is 6.92 Å². The Morgan fingerprint density at radius 1 is 1.07 bits per heavy atom. The van der Waals surface area contributed by atoms with Crippen LogP contribution in [0.1, 0.15) is 34.9 Å². The predicted octanol–water partition coefficient (Wildman–Crippen LogP) is 5.59. The molecule has 2 nitrogen and oxygen atoms in total. The molecule has 1 aliphatic heterocycles. The van der Waals surface area contributed by atoms with Gasteiger partial charge in [-0.15, -0.1) is 0 Å². The van der Waals surface area contributed by atoms with E-state index >= 15 is 0 Å². The van der Waals surface area contributed by atoms with Crippen LogP contribution in [0.2, 0.25) is 0 Å². The maximum absolute atomic E-state index is 12.8. The van der Waals surface area contributed by atoms with Crippen molar-refractivity contribution < 1.29 is 13.2 Å². The number of alkyl halides is 3. The molecule has 4 rings (SSSR count). The summed E-state index contributed by atoms with van der Waals surface area (Å²) in [6, 6.07) is 12.6. The first-order valence-corrected chi connectivity index (χ1v) is 9.71. The molecular formula is C23H25F3N2. The van der Waals surface area contributed by atoms with Crippen molar-refractivity contribution in [2.75, 3.05) is 7.05 Å². The number of hydrogen-bond acceptors (Lipinski definition) is 1. The molecule has 5 heteroatoms. The van der Waals surface area contributed by atoms with Crippen LogP contribution in [0.4, 0.5) is 13.2 Å². The molecule has 0 saturated carbocycles. The zero-order chi connectivity index (χ0) is 20.1. The standard InChI is InChI=1S/C23H25F3N2/c1-15-4-9-21-19(12-15)20-14-27(3)16(2)13-22(20)28(21)11-10-17-5-7-18(8-6-17)23(24,25)26/h4-9,12,16H,10-11,13-14H2,1-3H3. The lowest BCUT2D eigenvalue weighted by Crippen LogP contribution is -2.35. The summed E-state index contributed by atoms with van der Waals surface area (Å²) in [7, 11) is 2.16. The number of hydrogen-bond donors (Lipinski definition) is 0. The van der Waals surface area contributed by atoms with E-state index in [0.717, 1.165) is 25.1 Å². The van der Waals surface area contributed by atoms with Crippen LogP contribution in [0.15, 0.2) is 42.5 Å². The largest absolute Gasteiger partial charge is 0.416 e. The van der Waals surface area contributed by atoms with Crippen LogP contribution >= 0.6 is 0 Å². The molecule has 1 atom stereocenters. The van der Waals surface area contributed by atoms with Crippen molar-refractivity contribution in [3.8, 4) is 0 Å². The summed E-state index contributed by atoms with van der Waals surface area (Å²) in [5.41, 5.74) is 5.58. The van der Waals surface area contributed by atoms with Crippen LogP contribution in [-0.2, 0) is 32.1 Å². The highest BCUT2D eigenvalue weighted by Gasteiger charge is 2.30. The fraction of sp³-hybridized carbons (Fsp3) is 0.391. The zero-order valence-electron chi connectivity index (χ0n) is 16.5. The number of aryl methyl sites for hydroxylation is 3.